The molecule has 0 N–H and O–H groups in total. The van der Waals surface area contributed by atoms with Crippen molar-refractivity contribution in [1.29, 1.82) is 0 Å². The monoisotopic (exact) mass is 386 g/mol. The van der Waals surface area contributed by atoms with Crippen molar-refractivity contribution in [3.63, 3.8) is 0 Å². The van der Waals surface area contributed by atoms with Gasteiger partial charge in [0, 0.05) is 0 Å². The fourth-order valence-electron chi connectivity index (χ4n) is 3.95. The highest BCUT2D eigenvalue weighted by molar-refractivity contribution is 7.62. The second-order valence-corrected chi connectivity index (χ2v) is 10.1. The SMILES string of the molecule is Cc1ccccc1OP(=O)(O[C@H]1C[C@@H](C)CC[C@@H]1C(C)C)c1ccccc1. The van der Waals surface area contributed by atoms with Crippen LogP contribution < -0.4 is 9.83 Å². The topological polar surface area (TPSA) is 35.5 Å². The van der Waals surface area contributed by atoms with E-state index in [-0.39, 0.29) is 6.10 Å². The van der Waals surface area contributed by atoms with Crippen LogP contribution in [0.1, 0.15) is 45.6 Å². The number of aryl methyl sites for hydroxylation is 1. The van der Waals surface area contributed by atoms with Crippen LogP contribution in [0.15, 0.2) is 54.6 Å². The lowest BCUT2D eigenvalue weighted by Crippen LogP contribution is -2.35. The molecule has 4 heteroatoms. The van der Waals surface area contributed by atoms with E-state index in [0.29, 0.717) is 28.8 Å². The zero-order valence-corrected chi connectivity index (χ0v) is 17.7. The molecule has 1 unspecified atom stereocenters. The lowest BCUT2D eigenvalue weighted by Gasteiger charge is -2.38. The van der Waals surface area contributed by atoms with Gasteiger partial charge in [-0.3, -0.25) is 4.52 Å². The highest BCUT2D eigenvalue weighted by Crippen LogP contribution is 2.52. The van der Waals surface area contributed by atoms with Crippen molar-refractivity contribution in [3.05, 3.63) is 60.2 Å². The van der Waals surface area contributed by atoms with Crippen molar-refractivity contribution in [1.82, 2.24) is 0 Å². The Bertz CT molecular complexity index is 787. The van der Waals surface area contributed by atoms with Gasteiger partial charge in [0.25, 0.3) is 0 Å². The maximum absolute atomic E-state index is 14.0. The number of benzene rings is 2. The zero-order chi connectivity index (χ0) is 19.4. The first-order valence-corrected chi connectivity index (χ1v) is 11.5. The second kappa shape index (κ2) is 8.63. The third-order valence-corrected chi connectivity index (χ3v) is 7.54. The molecule has 146 valence electrons. The molecule has 0 amide bonds. The average molecular weight is 386 g/mol. The van der Waals surface area contributed by atoms with Gasteiger partial charge in [0.05, 0.1) is 11.4 Å². The summed E-state index contributed by atoms with van der Waals surface area (Å²) in [5.74, 6) is 2.09. The first-order valence-electron chi connectivity index (χ1n) is 9.98. The van der Waals surface area contributed by atoms with Gasteiger partial charge in [0.2, 0.25) is 0 Å². The largest absolute Gasteiger partial charge is 0.421 e. The molecule has 3 nitrogen and oxygen atoms in total. The molecule has 4 atom stereocenters. The summed E-state index contributed by atoms with van der Waals surface area (Å²) in [6, 6.07) is 17.0. The van der Waals surface area contributed by atoms with Crippen LogP contribution in [0.2, 0.25) is 0 Å². The molecule has 27 heavy (non-hydrogen) atoms. The molecule has 3 rings (SSSR count). The highest BCUT2D eigenvalue weighted by Gasteiger charge is 2.39. The van der Waals surface area contributed by atoms with Crippen molar-refractivity contribution in [2.24, 2.45) is 17.8 Å². The van der Waals surface area contributed by atoms with E-state index in [0.717, 1.165) is 18.4 Å². The minimum atomic E-state index is -3.49. The summed E-state index contributed by atoms with van der Waals surface area (Å²) in [7, 11) is -3.49. The molecule has 0 saturated heterocycles. The lowest BCUT2D eigenvalue weighted by atomic mass is 9.75. The lowest BCUT2D eigenvalue weighted by molar-refractivity contribution is 0.0414. The fourth-order valence-corrected chi connectivity index (χ4v) is 5.82. The Morgan fingerprint density at radius 2 is 1.67 bits per heavy atom. The number of hydrogen-bond acceptors (Lipinski definition) is 3. The maximum atomic E-state index is 14.0. The summed E-state index contributed by atoms with van der Waals surface area (Å²) in [5, 5.41) is 0.619. The van der Waals surface area contributed by atoms with E-state index in [1.165, 1.54) is 6.42 Å². The highest BCUT2D eigenvalue weighted by atomic mass is 31.2. The summed E-state index contributed by atoms with van der Waals surface area (Å²) >= 11 is 0. The molecular formula is C23H31O3P. The molecule has 1 aliphatic rings. The second-order valence-electron chi connectivity index (χ2n) is 8.16. The van der Waals surface area contributed by atoms with Crippen LogP contribution in [0, 0.1) is 24.7 Å². The van der Waals surface area contributed by atoms with Gasteiger partial charge in [0.15, 0.2) is 0 Å². The Morgan fingerprint density at radius 3 is 2.33 bits per heavy atom. The van der Waals surface area contributed by atoms with E-state index in [9.17, 15) is 4.57 Å². The summed E-state index contributed by atoms with van der Waals surface area (Å²) in [5.41, 5.74) is 0.953. The van der Waals surface area contributed by atoms with Crippen LogP contribution in [-0.2, 0) is 9.09 Å². The zero-order valence-electron chi connectivity index (χ0n) is 16.8. The van der Waals surface area contributed by atoms with Gasteiger partial charge in [-0.2, -0.15) is 0 Å². The van der Waals surface area contributed by atoms with Gasteiger partial charge in [-0.25, -0.2) is 4.57 Å². The summed E-state index contributed by atoms with van der Waals surface area (Å²) in [6.07, 6.45) is 3.19. The Balaban J connectivity index is 1.95. The van der Waals surface area contributed by atoms with Gasteiger partial charge in [-0.05, 0) is 61.3 Å². The Labute approximate surface area is 163 Å². The van der Waals surface area contributed by atoms with E-state index in [1.54, 1.807) is 0 Å². The van der Waals surface area contributed by atoms with E-state index in [2.05, 4.69) is 20.8 Å². The third-order valence-electron chi connectivity index (χ3n) is 5.62. The predicted molar refractivity (Wildman–Crippen MR) is 112 cm³/mol. The van der Waals surface area contributed by atoms with Gasteiger partial charge in [0.1, 0.15) is 5.75 Å². The normalized spacial score (nSPS) is 25.1. The summed E-state index contributed by atoms with van der Waals surface area (Å²) in [4.78, 5) is 0. The van der Waals surface area contributed by atoms with E-state index in [4.69, 9.17) is 9.05 Å². The number of rotatable bonds is 6. The average Bonchev–Trinajstić information content (AvgIpc) is 2.64. The van der Waals surface area contributed by atoms with Crippen LogP contribution in [0.3, 0.4) is 0 Å². The first-order chi connectivity index (χ1) is 12.9. The third kappa shape index (κ3) is 4.83. The van der Waals surface area contributed by atoms with Crippen LogP contribution >= 0.6 is 7.60 Å². The molecule has 2 aromatic rings. The minimum Gasteiger partial charge on any atom is -0.421 e. The number of hydrogen-bond donors (Lipinski definition) is 0. The quantitative estimate of drug-likeness (QED) is 0.541. The van der Waals surface area contributed by atoms with Crippen LogP contribution in [0.25, 0.3) is 0 Å². The van der Waals surface area contributed by atoms with Gasteiger partial charge >= 0.3 is 7.60 Å². The maximum Gasteiger partial charge on any atom is 0.411 e. The molecule has 0 bridgehead atoms. The van der Waals surface area contributed by atoms with Crippen LogP contribution in [0.5, 0.6) is 5.75 Å². The van der Waals surface area contributed by atoms with Crippen molar-refractivity contribution in [2.45, 2.75) is 53.1 Å². The Morgan fingerprint density at radius 1 is 1.00 bits per heavy atom. The Kier molecular flexibility index (Phi) is 6.44. The smallest absolute Gasteiger partial charge is 0.411 e. The van der Waals surface area contributed by atoms with Gasteiger partial charge in [-0.1, -0.05) is 63.6 Å². The molecule has 0 radical (unpaired) electrons. The van der Waals surface area contributed by atoms with Crippen LogP contribution in [-0.4, -0.2) is 6.10 Å². The predicted octanol–water partition coefficient (Wildman–Crippen LogP) is 6.37. The van der Waals surface area contributed by atoms with Gasteiger partial charge < -0.3 is 4.52 Å². The van der Waals surface area contributed by atoms with Crippen molar-refractivity contribution in [3.8, 4) is 5.75 Å². The molecule has 0 aliphatic heterocycles. The fraction of sp³-hybridized carbons (Fsp3) is 0.478. The van der Waals surface area contributed by atoms with Crippen LogP contribution in [0.4, 0.5) is 0 Å². The van der Waals surface area contributed by atoms with E-state index < -0.39 is 7.60 Å². The summed E-state index contributed by atoms with van der Waals surface area (Å²) < 4.78 is 26.6. The molecule has 1 aliphatic carbocycles. The molecule has 0 heterocycles. The standard InChI is InChI=1S/C23H31O3P/c1-17(2)21-15-14-18(3)16-23(21)26-27(24,20-11-6-5-7-12-20)25-22-13-9-8-10-19(22)4/h5-13,17-18,21,23H,14-16H2,1-4H3/t18-,21+,23-,27?/m0/s1. The molecule has 0 aromatic heterocycles. The summed E-state index contributed by atoms with van der Waals surface area (Å²) in [6.45, 7) is 8.67. The van der Waals surface area contributed by atoms with Crippen molar-refractivity contribution >= 4 is 12.9 Å². The van der Waals surface area contributed by atoms with Gasteiger partial charge in [-0.15, -0.1) is 0 Å². The first kappa shape index (κ1) is 20.2. The minimum absolute atomic E-state index is 0.0520. The molecular weight excluding hydrogens is 355 g/mol. The number of para-hydroxylation sites is 1. The van der Waals surface area contributed by atoms with E-state index >= 15 is 0 Å². The Hall–Kier alpha value is -1.57. The molecule has 1 fully saturated rings. The molecule has 2 aromatic carbocycles. The van der Waals surface area contributed by atoms with Crippen molar-refractivity contribution in [2.75, 3.05) is 0 Å². The van der Waals surface area contributed by atoms with E-state index in [1.807, 2.05) is 61.5 Å². The molecule has 1 saturated carbocycles. The molecule has 0 spiro atoms. The van der Waals surface area contributed by atoms with Crippen molar-refractivity contribution < 1.29 is 13.6 Å².